The number of esters is 1. The zero-order valence-electron chi connectivity index (χ0n) is 12.6. The molecule has 0 saturated carbocycles. The van der Waals surface area contributed by atoms with Crippen LogP contribution in [0.15, 0.2) is 0 Å². The molecule has 0 unspecified atom stereocenters. The van der Waals surface area contributed by atoms with Crippen molar-refractivity contribution in [2.75, 3.05) is 79.8 Å². The Morgan fingerprint density at radius 2 is 1.10 bits per heavy atom. The minimum Gasteiger partial charge on any atom is -0.467 e. The molecule has 0 rings (SSSR count). The number of hydrogen-bond donors (Lipinski definition) is 1. The molecule has 21 heavy (non-hydrogen) atoms. The van der Waals surface area contributed by atoms with Gasteiger partial charge in [0.05, 0.1) is 73.2 Å². The third-order valence-electron chi connectivity index (χ3n) is 2.17. The molecule has 0 aliphatic heterocycles. The summed E-state index contributed by atoms with van der Waals surface area (Å²) < 4.78 is 30.2. The summed E-state index contributed by atoms with van der Waals surface area (Å²) in [7, 11) is 1.31. The average Bonchev–Trinajstić information content (AvgIpc) is 2.50. The van der Waals surface area contributed by atoms with Gasteiger partial charge in [0, 0.05) is 0 Å². The molecule has 0 aromatic heterocycles. The van der Waals surface area contributed by atoms with E-state index in [9.17, 15) is 4.79 Å². The fourth-order valence-electron chi connectivity index (χ4n) is 1.16. The Balaban J connectivity index is 2.98. The number of ether oxygens (including phenoxy) is 6. The molecule has 0 aromatic rings. The van der Waals surface area contributed by atoms with Crippen LogP contribution in [0.5, 0.6) is 0 Å². The quantitative estimate of drug-likeness (QED) is 0.294. The zero-order chi connectivity index (χ0) is 15.6. The van der Waals surface area contributed by atoms with E-state index in [4.69, 9.17) is 28.8 Å². The van der Waals surface area contributed by atoms with Crippen LogP contribution in [0.4, 0.5) is 0 Å². The highest BCUT2D eigenvalue weighted by molar-refractivity contribution is 5.70. The minimum absolute atomic E-state index is 0.0246. The van der Waals surface area contributed by atoms with Crippen molar-refractivity contribution in [1.29, 1.82) is 0 Å². The van der Waals surface area contributed by atoms with E-state index < -0.39 is 5.97 Å². The van der Waals surface area contributed by atoms with Gasteiger partial charge in [0.25, 0.3) is 0 Å². The lowest BCUT2D eigenvalue weighted by molar-refractivity contribution is -0.146. The molecule has 0 amide bonds. The van der Waals surface area contributed by atoms with Crippen LogP contribution in [0.3, 0.4) is 0 Å². The van der Waals surface area contributed by atoms with Crippen LogP contribution in [0, 0.1) is 0 Å². The molecule has 0 spiro atoms. The SMILES string of the molecule is COC(=O)COCCOCCOCCOCCOCCO. The Hall–Kier alpha value is -0.770. The van der Waals surface area contributed by atoms with E-state index in [0.29, 0.717) is 59.5 Å². The Bertz CT molecular complexity index is 224. The van der Waals surface area contributed by atoms with Crippen molar-refractivity contribution in [2.45, 2.75) is 0 Å². The lowest BCUT2D eigenvalue weighted by Crippen LogP contribution is -2.15. The number of carbonyl (C=O) groups excluding carboxylic acids is 1. The van der Waals surface area contributed by atoms with Gasteiger partial charge in [0.1, 0.15) is 6.61 Å². The second kappa shape index (κ2) is 17.3. The molecule has 1 N–H and O–H groups in total. The topological polar surface area (TPSA) is 92.7 Å². The first-order valence-electron chi connectivity index (χ1n) is 6.87. The molecular formula is C13H26O8. The first-order chi connectivity index (χ1) is 10.3. The van der Waals surface area contributed by atoms with Gasteiger partial charge in [0.15, 0.2) is 0 Å². The number of aliphatic hydroxyl groups is 1. The number of methoxy groups -OCH3 is 1. The van der Waals surface area contributed by atoms with E-state index in [1.165, 1.54) is 7.11 Å². The lowest BCUT2D eigenvalue weighted by Gasteiger charge is -2.07. The summed E-state index contributed by atoms with van der Waals surface area (Å²) in [5, 5.41) is 8.47. The zero-order valence-corrected chi connectivity index (χ0v) is 12.6. The van der Waals surface area contributed by atoms with Gasteiger partial charge in [-0.05, 0) is 0 Å². The van der Waals surface area contributed by atoms with Crippen molar-refractivity contribution in [1.82, 2.24) is 0 Å². The van der Waals surface area contributed by atoms with Gasteiger partial charge in [-0.25, -0.2) is 4.79 Å². The lowest BCUT2D eigenvalue weighted by atomic mass is 10.6. The van der Waals surface area contributed by atoms with E-state index >= 15 is 0 Å². The van der Waals surface area contributed by atoms with Crippen molar-refractivity contribution in [2.24, 2.45) is 0 Å². The monoisotopic (exact) mass is 310 g/mol. The molecule has 0 radical (unpaired) electrons. The summed E-state index contributed by atoms with van der Waals surface area (Å²) in [5.41, 5.74) is 0. The van der Waals surface area contributed by atoms with E-state index in [1.807, 2.05) is 0 Å². The Morgan fingerprint density at radius 1 is 0.714 bits per heavy atom. The van der Waals surface area contributed by atoms with Crippen molar-refractivity contribution >= 4 is 5.97 Å². The van der Waals surface area contributed by atoms with Gasteiger partial charge in [-0.3, -0.25) is 0 Å². The third-order valence-corrected chi connectivity index (χ3v) is 2.17. The van der Waals surface area contributed by atoms with Crippen LogP contribution in [0.2, 0.25) is 0 Å². The summed E-state index contributed by atoms with van der Waals surface area (Å²) in [5.74, 6) is -0.403. The number of aliphatic hydroxyl groups excluding tert-OH is 1. The van der Waals surface area contributed by atoms with Crippen molar-refractivity contribution in [3.8, 4) is 0 Å². The summed E-state index contributed by atoms with van der Waals surface area (Å²) in [4.78, 5) is 10.7. The Kier molecular flexibility index (Phi) is 16.6. The molecule has 0 heterocycles. The van der Waals surface area contributed by atoms with Crippen LogP contribution in [-0.4, -0.2) is 90.9 Å². The molecule has 0 aromatic carbocycles. The van der Waals surface area contributed by atoms with Crippen LogP contribution >= 0.6 is 0 Å². The largest absolute Gasteiger partial charge is 0.467 e. The summed E-state index contributed by atoms with van der Waals surface area (Å²) >= 11 is 0. The maximum Gasteiger partial charge on any atom is 0.331 e. The van der Waals surface area contributed by atoms with E-state index in [1.54, 1.807) is 0 Å². The summed E-state index contributed by atoms with van der Waals surface area (Å²) in [6, 6.07) is 0. The van der Waals surface area contributed by atoms with Gasteiger partial charge in [-0.15, -0.1) is 0 Å². The van der Waals surface area contributed by atoms with Gasteiger partial charge in [-0.2, -0.15) is 0 Å². The predicted octanol–water partition coefficient (Wildman–Crippen LogP) is -0.765. The van der Waals surface area contributed by atoms with E-state index in [2.05, 4.69) is 4.74 Å². The fraction of sp³-hybridized carbons (Fsp3) is 0.923. The van der Waals surface area contributed by atoms with Gasteiger partial charge >= 0.3 is 5.97 Å². The molecular weight excluding hydrogens is 284 g/mol. The third kappa shape index (κ3) is 17.2. The standard InChI is InChI=1S/C13H26O8/c1-16-13(15)12-21-11-10-20-9-8-19-7-6-18-5-4-17-3-2-14/h14H,2-12H2,1H3. The second-order valence-corrected chi connectivity index (χ2v) is 3.80. The maximum absolute atomic E-state index is 10.7. The molecule has 0 aliphatic carbocycles. The second-order valence-electron chi connectivity index (χ2n) is 3.80. The molecule has 8 heteroatoms. The predicted molar refractivity (Wildman–Crippen MR) is 73.2 cm³/mol. The smallest absolute Gasteiger partial charge is 0.331 e. The Labute approximate surface area is 125 Å². The van der Waals surface area contributed by atoms with Gasteiger partial charge in [-0.1, -0.05) is 0 Å². The highest BCUT2D eigenvalue weighted by atomic mass is 16.6. The summed E-state index contributed by atoms with van der Waals surface area (Å²) in [6.45, 7) is 3.90. The first-order valence-corrected chi connectivity index (χ1v) is 6.87. The van der Waals surface area contributed by atoms with Crippen molar-refractivity contribution in [3.05, 3.63) is 0 Å². The molecule has 0 fully saturated rings. The van der Waals surface area contributed by atoms with E-state index in [-0.39, 0.29) is 13.2 Å². The molecule has 0 aliphatic rings. The van der Waals surface area contributed by atoms with Crippen LogP contribution in [-0.2, 0) is 33.2 Å². The highest BCUT2D eigenvalue weighted by Crippen LogP contribution is 1.84. The highest BCUT2D eigenvalue weighted by Gasteiger charge is 1.98. The average molecular weight is 310 g/mol. The Morgan fingerprint density at radius 3 is 1.48 bits per heavy atom. The number of carbonyl (C=O) groups is 1. The minimum atomic E-state index is -0.403. The number of rotatable bonds is 16. The molecule has 0 saturated heterocycles. The summed E-state index contributed by atoms with van der Waals surface area (Å²) in [6.07, 6.45) is 0. The van der Waals surface area contributed by atoms with Gasteiger partial charge < -0.3 is 33.5 Å². The van der Waals surface area contributed by atoms with Gasteiger partial charge in [0.2, 0.25) is 0 Å². The first kappa shape index (κ1) is 20.2. The van der Waals surface area contributed by atoms with Crippen LogP contribution < -0.4 is 0 Å². The molecule has 126 valence electrons. The van der Waals surface area contributed by atoms with Crippen LogP contribution in [0.25, 0.3) is 0 Å². The van der Waals surface area contributed by atoms with Crippen molar-refractivity contribution < 1.29 is 38.3 Å². The fourth-order valence-corrected chi connectivity index (χ4v) is 1.16. The molecule has 0 bridgehead atoms. The van der Waals surface area contributed by atoms with Crippen LogP contribution in [0.1, 0.15) is 0 Å². The molecule has 8 nitrogen and oxygen atoms in total. The normalized spacial score (nSPS) is 10.8. The van der Waals surface area contributed by atoms with E-state index in [0.717, 1.165) is 0 Å². The van der Waals surface area contributed by atoms with Crippen molar-refractivity contribution in [3.63, 3.8) is 0 Å². The maximum atomic E-state index is 10.7. The number of hydrogen-bond acceptors (Lipinski definition) is 8. The molecule has 0 atom stereocenters.